The monoisotopic (exact) mass is 231 g/mol. The van der Waals surface area contributed by atoms with Crippen LogP contribution in [0.25, 0.3) is 10.9 Å². The van der Waals surface area contributed by atoms with Crippen molar-refractivity contribution in [2.75, 3.05) is 6.61 Å². The van der Waals surface area contributed by atoms with Crippen molar-refractivity contribution in [2.24, 2.45) is 0 Å². The standard InChI is InChI=1S/C14H17NO2/c1-3-12(16)9-17-13-6-4-5-11-8-7-10(2)15-14(11)13/h4-8,12,16H,3,9H2,1-2H3. The van der Waals surface area contributed by atoms with E-state index in [0.717, 1.165) is 22.3 Å². The SMILES string of the molecule is CCC(O)COc1cccc2ccc(C)nc12. The lowest BCUT2D eigenvalue weighted by atomic mass is 10.2. The van der Waals surface area contributed by atoms with Crippen LogP contribution < -0.4 is 4.74 Å². The second kappa shape index (κ2) is 5.15. The second-order valence-corrected chi connectivity index (χ2v) is 4.15. The highest BCUT2D eigenvalue weighted by atomic mass is 16.5. The number of aliphatic hydroxyl groups is 1. The molecule has 1 unspecified atom stereocenters. The third-order valence-electron chi connectivity index (χ3n) is 2.72. The van der Waals surface area contributed by atoms with E-state index in [2.05, 4.69) is 4.98 Å². The molecule has 0 amide bonds. The van der Waals surface area contributed by atoms with Crippen LogP contribution in [0.15, 0.2) is 30.3 Å². The van der Waals surface area contributed by atoms with Gasteiger partial charge < -0.3 is 9.84 Å². The van der Waals surface area contributed by atoms with Gasteiger partial charge in [-0.1, -0.05) is 25.1 Å². The minimum atomic E-state index is -0.421. The van der Waals surface area contributed by atoms with Gasteiger partial charge >= 0.3 is 0 Å². The molecule has 0 radical (unpaired) electrons. The maximum atomic E-state index is 9.50. The number of fused-ring (bicyclic) bond motifs is 1. The summed E-state index contributed by atoms with van der Waals surface area (Å²) in [6.07, 6.45) is 0.270. The summed E-state index contributed by atoms with van der Waals surface area (Å²) >= 11 is 0. The van der Waals surface area contributed by atoms with Crippen LogP contribution in [0.2, 0.25) is 0 Å². The molecule has 0 saturated carbocycles. The average Bonchev–Trinajstić information content (AvgIpc) is 2.35. The van der Waals surface area contributed by atoms with Crippen molar-refractivity contribution in [1.82, 2.24) is 4.98 Å². The number of ether oxygens (including phenoxy) is 1. The van der Waals surface area contributed by atoms with Gasteiger partial charge in [-0.2, -0.15) is 0 Å². The molecule has 1 atom stereocenters. The molecule has 17 heavy (non-hydrogen) atoms. The smallest absolute Gasteiger partial charge is 0.145 e. The van der Waals surface area contributed by atoms with Crippen LogP contribution in [0, 0.1) is 6.92 Å². The Bertz CT molecular complexity index is 511. The number of aliphatic hydroxyl groups excluding tert-OH is 1. The summed E-state index contributed by atoms with van der Waals surface area (Å²) in [5.41, 5.74) is 1.82. The van der Waals surface area contributed by atoms with Crippen molar-refractivity contribution in [3.05, 3.63) is 36.0 Å². The van der Waals surface area contributed by atoms with Crippen molar-refractivity contribution in [2.45, 2.75) is 26.4 Å². The van der Waals surface area contributed by atoms with Crippen LogP contribution in [-0.2, 0) is 0 Å². The first-order chi connectivity index (χ1) is 8.20. The molecule has 1 aromatic heterocycles. The fourth-order valence-corrected chi connectivity index (χ4v) is 1.64. The molecule has 0 aliphatic heterocycles. The van der Waals surface area contributed by atoms with Crippen LogP contribution in [0.4, 0.5) is 0 Å². The van der Waals surface area contributed by atoms with E-state index in [4.69, 9.17) is 4.74 Å². The van der Waals surface area contributed by atoms with Crippen molar-refractivity contribution in [3.63, 3.8) is 0 Å². The fourth-order valence-electron chi connectivity index (χ4n) is 1.64. The Morgan fingerprint density at radius 1 is 1.29 bits per heavy atom. The largest absolute Gasteiger partial charge is 0.489 e. The predicted octanol–water partition coefficient (Wildman–Crippen LogP) is 2.69. The lowest BCUT2D eigenvalue weighted by Gasteiger charge is -2.12. The van der Waals surface area contributed by atoms with Crippen LogP contribution in [-0.4, -0.2) is 22.8 Å². The van der Waals surface area contributed by atoms with Crippen molar-refractivity contribution >= 4 is 10.9 Å². The van der Waals surface area contributed by atoms with E-state index in [-0.39, 0.29) is 0 Å². The molecule has 0 saturated heterocycles. The minimum absolute atomic E-state index is 0.311. The highest BCUT2D eigenvalue weighted by molar-refractivity contribution is 5.84. The van der Waals surface area contributed by atoms with Gasteiger partial charge in [0.1, 0.15) is 17.9 Å². The summed E-state index contributed by atoms with van der Waals surface area (Å²) in [5, 5.41) is 10.6. The third kappa shape index (κ3) is 2.74. The van der Waals surface area contributed by atoms with Gasteiger partial charge in [-0.15, -0.1) is 0 Å². The number of hydrogen-bond acceptors (Lipinski definition) is 3. The highest BCUT2D eigenvalue weighted by Gasteiger charge is 2.06. The molecule has 0 spiro atoms. The van der Waals surface area contributed by atoms with Crippen LogP contribution in [0.3, 0.4) is 0 Å². The molecule has 1 heterocycles. The maximum absolute atomic E-state index is 9.50. The zero-order valence-corrected chi connectivity index (χ0v) is 10.2. The summed E-state index contributed by atoms with van der Waals surface area (Å²) in [5.74, 6) is 0.735. The van der Waals surface area contributed by atoms with E-state index in [1.807, 2.05) is 44.2 Å². The molecule has 0 aliphatic carbocycles. The Morgan fingerprint density at radius 3 is 2.88 bits per heavy atom. The van der Waals surface area contributed by atoms with E-state index in [0.29, 0.717) is 13.0 Å². The number of hydrogen-bond donors (Lipinski definition) is 1. The van der Waals surface area contributed by atoms with E-state index < -0.39 is 6.10 Å². The molecule has 90 valence electrons. The van der Waals surface area contributed by atoms with Crippen LogP contribution in [0.1, 0.15) is 19.0 Å². The minimum Gasteiger partial charge on any atom is -0.489 e. The summed E-state index contributed by atoms with van der Waals surface area (Å²) < 4.78 is 5.61. The molecule has 0 bridgehead atoms. The van der Waals surface area contributed by atoms with E-state index in [9.17, 15) is 5.11 Å². The van der Waals surface area contributed by atoms with Gasteiger partial charge in [-0.05, 0) is 25.5 Å². The molecule has 3 heteroatoms. The van der Waals surface area contributed by atoms with Crippen LogP contribution >= 0.6 is 0 Å². The highest BCUT2D eigenvalue weighted by Crippen LogP contribution is 2.24. The number of rotatable bonds is 4. The summed E-state index contributed by atoms with van der Waals surface area (Å²) in [6, 6.07) is 9.84. The zero-order chi connectivity index (χ0) is 12.3. The molecule has 1 N–H and O–H groups in total. The van der Waals surface area contributed by atoms with Gasteiger partial charge in [0.05, 0.1) is 6.10 Å². The van der Waals surface area contributed by atoms with Gasteiger partial charge in [0.25, 0.3) is 0 Å². The van der Waals surface area contributed by atoms with E-state index >= 15 is 0 Å². The Hall–Kier alpha value is -1.61. The number of benzene rings is 1. The quantitative estimate of drug-likeness (QED) is 0.879. The molecular weight excluding hydrogens is 214 g/mol. The number of para-hydroxylation sites is 1. The molecular formula is C14H17NO2. The zero-order valence-electron chi connectivity index (χ0n) is 10.2. The Kier molecular flexibility index (Phi) is 3.59. The Balaban J connectivity index is 2.30. The normalized spacial score (nSPS) is 12.6. The predicted molar refractivity (Wildman–Crippen MR) is 68.3 cm³/mol. The van der Waals surface area contributed by atoms with E-state index in [1.54, 1.807) is 0 Å². The summed E-state index contributed by atoms with van der Waals surface area (Å²) in [6.45, 7) is 4.20. The molecule has 0 aliphatic rings. The maximum Gasteiger partial charge on any atom is 0.145 e. The number of aromatic nitrogens is 1. The van der Waals surface area contributed by atoms with Gasteiger partial charge in [0.2, 0.25) is 0 Å². The first kappa shape index (κ1) is 11.9. The fraction of sp³-hybridized carbons (Fsp3) is 0.357. The molecule has 2 rings (SSSR count). The topological polar surface area (TPSA) is 42.4 Å². The first-order valence-corrected chi connectivity index (χ1v) is 5.88. The second-order valence-electron chi connectivity index (χ2n) is 4.15. The van der Waals surface area contributed by atoms with Gasteiger partial charge in [-0.25, -0.2) is 4.98 Å². The lowest BCUT2D eigenvalue weighted by molar-refractivity contribution is 0.105. The molecule has 3 nitrogen and oxygen atoms in total. The molecule has 2 aromatic rings. The number of aryl methyl sites for hydroxylation is 1. The van der Waals surface area contributed by atoms with E-state index in [1.165, 1.54) is 0 Å². The Morgan fingerprint density at radius 2 is 2.12 bits per heavy atom. The third-order valence-corrected chi connectivity index (χ3v) is 2.72. The lowest BCUT2D eigenvalue weighted by Crippen LogP contribution is -2.16. The number of nitrogens with zero attached hydrogens (tertiary/aromatic N) is 1. The summed E-state index contributed by atoms with van der Waals surface area (Å²) in [7, 11) is 0. The average molecular weight is 231 g/mol. The van der Waals surface area contributed by atoms with Crippen molar-refractivity contribution < 1.29 is 9.84 Å². The van der Waals surface area contributed by atoms with Crippen LogP contribution in [0.5, 0.6) is 5.75 Å². The Labute approximate surface area is 101 Å². The van der Waals surface area contributed by atoms with Gasteiger partial charge in [0.15, 0.2) is 0 Å². The van der Waals surface area contributed by atoms with Crippen molar-refractivity contribution in [1.29, 1.82) is 0 Å². The summed E-state index contributed by atoms with van der Waals surface area (Å²) in [4.78, 5) is 4.47. The van der Waals surface area contributed by atoms with Gasteiger partial charge in [0, 0.05) is 11.1 Å². The molecule has 1 aromatic carbocycles. The molecule has 0 fully saturated rings. The van der Waals surface area contributed by atoms with Crippen molar-refractivity contribution in [3.8, 4) is 5.75 Å². The van der Waals surface area contributed by atoms with Gasteiger partial charge in [-0.3, -0.25) is 0 Å². The first-order valence-electron chi connectivity index (χ1n) is 5.88. The number of pyridine rings is 1.